The molecule has 0 atom stereocenters. The number of hydrogen-bond acceptors (Lipinski definition) is 3. The number of carbonyl (C=O) groups is 1. The molecule has 1 aliphatic rings. The van der Waals surface area contributed by atoms with Crippen molar-refractivity contribution in [2.24, 2.45) is 5.16 Å². The normalized spacial score (nSPS) is 17.8. The van der Waals surface area contributed by atoms with Gasteiger partial charge in [-0.3, -0.25) is 4.79 Å². The minimum absolute atomic E-state index is 0.0197. The Balaban J connectivity index is 2.61. The SMILES string of the molecule is O=C1C=CON=CC1. The Morgan fingerprint density at radius 1 is 1.75 bits per heavy atom. The Labute approximate surface area is 46.6 Å². The molecule has 0 unspecified atom stereocenters. The van der Waals surface area contributed by atoms with E-state index in [1.807, 2.05) is 0 Å². The molecule has 0 fully saturated rings. The van der Waals surface area contributed by atoms with Crippen molar-refractivity contribution in [3.63, 3.8) is 0 Å². The molecule has 1 heterocycles. The quantitative estimate of drug-likeness (QED) is 0.456. The van der Waals surface area contributed by atoms with Gasteiger partial charge in [0.1, 0.15) is 6.26 Å². The van der Waals surface area contributed by atoms with Crippen molar-refractivity contribution in [3.05, 3.63) is 12.3 Å². The average Bonchev–Trinajstić information content (AvgIpc) is 1.94. The fraction of sp³-hybridized carbons (Fsp3) is 0.200. The van der Waals surface area contributed by atoms with Crippen LogP contribution < -0.4 is 0 Å². The molecule has 1 rings (SSSR count). The van der Waals surface area contributed by atoms with Gasteiger partial charge in [0, 0.05) is 12.5 Å². The smallest absolute Gasteiger partial charge is 0.164 e. The van der Waals surface area contributed by atoms with Gasteiger partial charge in [-0.1, -0.05) is 5.16 Å². The van der Waals surface area contributed by atoms with E-state index in [-0.39, 0.29) is 5.78 Å². The van der Waals surface area contributed by atoms with Gasteiger partial charge in [0.25, 0.3) is 0 Å². The van der Waals surface area contributed by atoms with Crippen LogP contribution in [0.5, 0.6) is 0 Å². The summed E-state index contributed by atoms with van der Waals surface area (Å²) in [7, 11) is 0. The maximum Gasteiger partial charge on any atom is 0.164 e. The minimum Gasteiger partial charge on any atom is -0.365 e. The summed E-state index contributed by atoms with van der Waals surface area (Å²) in [5.41, 5.74) is 0. The fourth-order valence-electron chi connectivity index (χ4n) is 0.380. The highest BCUT2D eigenvalue weighted by Gasteiger charge is 1.94. The van der Waals surface area contributed by atoms with Gasteiger partial charge in [0.15, 0.2) is 5.78 Å². The highest BCUT2D eigenvalue weighted by atomic mass is 16.6. The van der Waals surface area contributed by atoms with E-state index in [2.05, 4.69) is 9.99 Å². The Bertz CT molecular complexity index is 149. The van der Waals surface area contributed by atoms with E-state index in [1.165, 1.54) is 18.6 Å². The third-order valence-electron chi connectivity index (χ3n) is 0.743. The molecule has 0 aromatic heterocycles. The lowest BCUT2D eigenvalue weighted by atomic mass is 10.3. The first-order valence-corrected chi connectivity index (χ1v) is 2.26. The van der Waals surface area contributed by atoms with Gasteiger partial charge in [0.2, 0.25) is 0 Å². The van der Waals surface area contributed by atoms with Crippen LogP contribution in [0.3, 0.4) is 0 Å². The van der Waals surface area contributed by atoms with Crippen molar-refractivity contribution in [2.45, 2.75) is 6.42 Å². The molecule has 0 N–H and O–H groups in total. The van der Waals surface area contributed by atoms with E-state index >= 15 is 0 Å². The van der Waals surface area contributed by atoms with Crippen molar-refractivity contribution in [2.75, 3.05) is 0 Å². The lowest BCUT2D eigenvalue weighted by molar-refractivity contribution is -0.113. The highest BCUT2D eigenvalue weighted by Crippen LogP contribution is 1.89. The zero-order chi connectivity index (χ0) is 5.82. The minimum atomic E-state index is 0.0197. The summed E-state index contributed by atoms with van der Waals surface area (Å²) < 4.78 is 0. The zero-order valence-corrected chi connectivity index (χ0v) is 4.20. The summed E-state index contributed by atoms with van der Waals surface area (Å²) in [5.74, 6) is 0.0197. The Hall–Kier alpha value is -1.12. The summed E-state index contributed by atoms with van der Waals surface area (Å²) in [6, 6.07) is 0. The highest BCUT2D eigenvalue weighted by molar-refractivity contribution is 5.98. The van der Waals surface area contributed by atoms with Crippen LogP contribution in [0.1, 0.15) is 6.42 Å². The molecule has 8 heavy (non-hydrogen) atoms. The largest absolute Gasteiger partial charge is 0.365 e. The predicted molar refractivity (Wildman–Crippen MR) is 28.3 cm³/mol. The van der Waals surface area contributed by atoms with Gasteiger partial charge < -0.3 is 4.84 Å². The molecule has 0 aromatic rings. The molecule has 1 aliphatic heterocycles. The number of carbonyl (C=O) groups excluding carboxylic acids is 1. The van der Waals surface area contributed by atoms with E-state index in [9.17, 15) is 4.79 Å². The Kier molecular flexibility index (Phi) is 1.42. The summed E-state index contributed by atoms with van der Waals surface area (Å²) in [6.07, 6.45) is 4.40. The molecule has 0 saturated heterocycles. The first-order chi connectivity index (χ1) is 3.89. The van der Waals surface area contributed by atoms with Gasteiger partial charge in [-0.25, -0.2) is 0 Å². The molecule has 42 valence electrons. The molecule has 0 aromatic carbocycles. The number of hydrogen-bond donors (Lipinski definition) is 0. The summed E-state index contributed by atoms with van der Waals surface area (Å²) >= 11 is 0. The molecule has 0 spiro atoms. The Morgan fingerprint density at radius 2 is 2.62 bits per heavy atom. The van der Waals surface area contributed by atoms with Crippen molar-refractivity contribution < 1.29 is 9.63 Å². The second-order valence-corrected chi connectivity index (χ2v) is 1.37. The summed E-state index contributed by atoms with van der Waals surface area (Å²) in [5, 5.41) is 3.39. The maximum atomic E-state index is 10.4. The van der Waals surface area contributed by atoms with Crippen molar-refractivity contribution >= 4 is 12.0 Å². The van der Waals surface area contributed by atoms with Gasteiger partial charge >= 0.3 is 0 Å². The predicted octanol–water partition coefficient (Wildman–Crippen LogP) is 0.475. The third-order valence-corrected chi connectivity index (χ3v) is 0.743. The van der Waals surface area contributed by atoms with E-state index in [1.54, 1.807) is 0 Å². The number of oxime groups is 1. The van der Waals surface area contributed by atoms with E-state index in [0.717, 1.165) is 0 Å². The van der Waals surface area contributed by atoms with Crippen LogP contribution in [0.25, 0.3) is 0 Å². The standard InChI is InChI=1S/C5H5NO2/c7-5-1-3-6-8-4-2-5/h2-4H,1H2. The monoisotopic (exact) mass is 111 g/mol. The molecule has 3 heteroatoms. The van der Waals surface area contributed by atoms with E-state index in [4.69, 9.17) is 0 Å². The second kappa shape index (κ2) is 2.26. The van der Waals surface area contributed by atoms with E-state index in [0.29, 0.717) is 6.42 Å². The van der Waals surface area contributed by atoms with Crippen molar-refractivity contribution in [1.82, 2.24) is 0 Å². The van der Waals surface area contributed by atoms with Crippen molar-refractivity contribution in [3.8, 4) is 0 Å². The van der Waals surface area contributed by atoms with Crippen LogP contribution in [0.15, 0.2) is 17.5 Å². The number of nitrogens with zero attached hydrogens (tertiary/aromatic N) is 1. The number of rotatable bonds is 0. The van der Waals surface area contributed by atoms with Gasteiger partial charge in [-0.2, -0.15) is 0 Å². The number of allylic oxidation sites excluding steroid dienone is 1. The first kappa shape index (κ1) is 5.03. The van der Waals surface area contributed by atoms with Crippen LogP contribution in [0.2, 0.25) is 0 Å². The maximum absolute atomic E-state index is 10.4. The molecular weight excluding hydrogens is 106 g/mol. The molecule has 0 saturated carbocycles. The van der Waals surface area contributed by atoms with Crippen LogP contribution >= 0.6 is 0 Å². The summed E-state index contributed by atoms with van der Waals surface area (Å²) in [6.45, 7) is 0. The van der Waals surface area contributed by atoms with Gasteiger partial charge in [0.05, 0.1) is 6.21 Å². The molecule has 0 radical (unpaired) electrons. The van der Waals surface area contributed by atoms with Crippen LogP contribution in [-0.4, -0.2) is 12.0 Å². The van der Waals surface area contributed by atoms with Gasteiger partial charge in [-0.05, 0) is 0 Å². The topological polar surface area (TPSA) is 38.7 Å². The summed E-state index contributed by atoms with van der Waals surface area (Å²) in [4.78, 5) is 14.9. The van der Waals surface area contributed by atoms with Gasteiger partial charge in [-0.15, -0.1) is 0 Å². The molecule has 0 bridgehead atoms. The molecule has 0 amide bonds. The lowest BCUT2D eigenvalue weighted by Crippen LogP contribution is -1.89. The zero-order valence-electron chi connectivity index (χ0n) is 4.20. The first-order valence-electron chi connectivity index (χ1n) is 2.26. The van der Waals surface area contributed by atoms with Crippen molar-refractivity contribution in [1.29, 1.82) is 0 Å². The molecule has 3 nitrogen and oxygen atoms in total. The fourth-order valence-corrected chi connectivity index (χ4v) is 0.380. The van der Waals surface area contributed by atoms with Crippen LogP contribution in [-0.2, 0) is 9.63 Å². The lowest BCUT2D eigenvalue weighted by Gasteiger charge is -1.77. The second-order valence-electron chi connectivity index (χ2n) is 1.37. The van der Waals surface area contributed by atoms with Crippen LogP contribution in [0.4, 0.5) is 0 Å². The van der Waals surface area contributed by atoms with Crippen LogP contribution in [0, 0.1) is 0 Å². The Morgan fingerprint density at radius 3 is 3.50 bits per heavy atom. The third kappa shape index (κ3) is 1.18. The number of ketones is 1. The van der Waals surface area contributed by atoms with E-state index < -0.39 is 0 Å². The molecule has 0 aliphatic carbocycles. The average molecular weight is 111 g/mol. The molecular formula is C5H5NO2.